The fourth-order valence-electron chi connectivity index (χ4n) is 4.97. The largest absolute Gasteiger partial charge is 0.497 e. The molecule has 0 amide bonds. The Morgan fingerprint density at radius 3 is 2.24 bits per heavy atom. The van der Waals surface area contributed by atoms with Crippen LogP contribution in [0.1, 0.15) is 43.2 Å². The third-order valence-electron chi connectivity index (χ3n) is 6.83. The second-order valence-electron chi connectivity index (χ2n) is 9.00. The highest BCUT2D eigenvalue weighted by molar-refractivity contribution is 5.85. The normalized spacial score (nSPS) is 19.3. The van der Waals surface area contributed by atoms with Crippen LogP contribution in [0.25, 0.3) is 5.57 Å². The van der Waals surface area contributed by atoms with Crippen molar-refractivity contribution in [1.82, 2.24) is 9.80 Å². The molecule has 2 aromatic rings. The highest BCUT2D eigenvalue weighted by atomic mass is 35.5. The van der Waals surface area contributed by atoms with Crippen LogP contribution in [0, 0.1) is 0 Å². The van der Waals surface area contributed by atoms with Crippen LogP contribution in [0.5, 0.6) is 5.75 Å². The van der Waals surface area contributed by atoms with Gasteiger partial charge in [-0.05, 0) is 41.7 Å². The third kappa shape index (κ3) is 7.46. The molecule has 0 spiro atoms. The number of rotatable bonds is 7. The Morgan fingerprint density at radius 1 is 0.909 bits per heavy atom. The van der Waals surface area contributed by atoms with E-state index in [9.17, 15) is 5.11 Å². The summed E-state index contributed by atoms with van der Waals surface area (Å²) in [4.78, 5) is 5.04. The predicted molar refractivity (Wildman–Crippen MR) is 142 cm³/mol. The van der Waals surface area contributed by atoms with Crippen molar-refractivity contribution in [1.29, 1.82) is 0 Å². The topological polar surface area (TPSA) is 35.9 Å². The average molecular weight is 494 g/mol. The van der Waals surface area contributed by atoms with E-state index in [1.807, 2.05) is 12.1 Å². The average Bonchev–Trinajstić information content (AvgIpc) is 2.81. The summed E-state index contributed by atoms with van der Waals surface area (Å²) in [6.07, 6.45) is 7.39. The highest BCUT2D eigenvalue weighted by Crippen LogP contribution is 2.40. The molecule has 2 aliphatic rings. The molecule has 1 heterocycles. The lowest BCUT2D eigenvalue weighted by Crippen LogP contribution is -2.46. The summed E-state index contributed by atoms with van der Waals surface area (Å²) in [6, 6.07) is 18.9. The number of methoxy groups -OCH3 is 1. The highest BCUT2D eigenvalue weighted by Gasteiger charge is 2.34. The van der Waals surface area contributed by atoms with Crippen LogP contribution in [0.4, 0.5) is 0 Å². The van der Waals surface area contributed by atoms with Crippen molar-refractivity contribution < 1.29 is 9.84 Å². The van der Waals surface area contributed by atoms with E-state index in [1.165, 1.54) is 12.0 Å². The SMILES string of the molecule is COc1cccc(/C(=C/CN2CCN(Cc3ccccc3)CC2)C2(O)CCCCC2)c1.Cl.Cl. The molecule has 2 aromatic carbocycles. The number of piperazine rings is 1. The van der Waals surface area contributed by atoms with Crippen LogP contribution in [0.15, 0.2) is 60.7 Å². The Kier molecular flexibility index (Phi) is 11.2. The lowest BCUT2D eigenvalue weighted by Gasteiger charge is -2.37. The fourth-order valence-corrected chi connectivity index (χ4v) is 4.97. The number of hydrogen-bond acceptors (Lipinski definition) is 4. The Bertz CT molecular complexity index is 861. The van der Waals surface area contributed by atoms with Gasteiger partial charge in [0.15, 0.2) is 0 Å². The molecule has 0 bridgehead atoms. The van der Waals surface area contributed by atoms with E-state index in [0.29, 0.717) is 0 Å². The summed E-state index contributed by atoms with van der Waals surface area (Å²) in [7, 11) is 1.70. The monoisotopic (exact) mass is 492 g/mol. The van der Waals surface area contributed by atoms with Crippen LogP contribution in [0.2, 0.25) is 0 Å². The van der Waals surface area contributed by atoms with Gasteiger partial charge in [-0.3, -0.25) is 9.80 Å². The van der Waals surface area contributed by atoms with Crippen molar-refractivity contribution in [3.8, 4) is 5.75 Å². The van der Waals surface area contributed by atoms with Gasteiger partial charge in [-0.2, -0.15) is 0 Å². The van der Waals surface area contributed by atoms with Crippen molar-refractivity contribution >= 4 is 30.4 Å². The number of halogens is 2. The molecule has 0 unspecified atom stereocenters. The van der Waals surface area contributed by atoms with E-state index in [1.54, 1.807) is 7.11 Å². The molecule has 1 saturated carbocycles. The summed E-state index contributed by atoms with van der Waals surface area (Å²) >= 11 is 0. The molecule has 1 N–H and O–H groups in total. The molecule has 1 aliphatic heterocycles. The lowest BCUT2D eigenvalue weighted by atomic mass is 9.76. The molecule has 4 nitrogen and oxygen atoms in total. The number of hydrogen-bond donors (Lipinski definition) is 1. The van der Waals surface area contributed by atoms with E-state index in [0.717, 1.165) is 81.8 Å². The molecule has 1 aliphatic carbocycles. The first-order chi connectivity index (χ1) is 15.2. The van der Waals surface area contributed by atoms with E-state index < -0.39 is 5.60 Å². The van der Waals surface area contributed by atoms with Crippen LogP contribution < -0.4 is 4.74 Å². The molecule has 2 fully saturated rings. The Morgan fingerprint density at radius 2 is 1.58 bits per heavy atom. The predicted octanol–water partition coefficient (Wildman–Crippen LogP) is 5.44. The van der Waals surface area contributed by atoms with Gasteiger partial charge < -0.3 is 9.84 Å². The number of ether oxygens (including phenoxy) is 1. The maximum absolute atomic E-state index is 11.5. The van der Waals surface area contributed by atoms with Crippen LogP contribution in [-0.4, -0.2) is 60.3 Å². The zero-order chi connectivity index (χ0) is 21.5. The van der Waals surface area contributed by atoms with Gasteiger partial charge in [-0.1, -0.05) is 67.8 Å². The van der Waals surface area contributed by atoms with Crippen molar-refractivity contribution in [2.24, 2.45) is 0 Å². The maximum atomic E-state index is 11.5. The minimum absolute atomic E-state index is 0. The molecule has 0 aromatic heterocycles. The molecule has 182 valence electrons. The maximum Gasteiger partial charge on any atom is 0.119 e. The van der Waals surface area contributed by atoms with Gasteiger partial charge in [0.2, 0.25) is 0 Å². The Labute approximate surface area is 211 Å². The lowest BCUT2D eigenvalue weighted by molar-refractivity contribution is 0.0608. The summed E-state index contributed by atoms with van der Waals surface area (Å²) in [5.74, 6) is 0.845. The van der Waals surface area contributed by atoms with Crippen LogP contribution in [0.3, 0.4) is 0 Å². The van der Waals surface area contributed by atoms with E-state index in [2.05, 4.69) is 58.3 Å². The van der Waals surface area contributed by atoms with Crippen molar-refractivity contribution in [3.05, 3.63) is 71.8 Å². The van der Waals surface area contributed by atoms with Gasteiger partial charge in [0, 0.05) is 39.3 Å². The summed E-state index contributed by atoms with van der Waals surface area (Å²) < 4.78 is 5.46. The first-order valence-corrected chi connectivity index (χ1v) is 11.7. The van der Waals surface area contributed by atoms with Gasteiger partial charge in [0.1, 0.15) is 5.75 Å². The van der Waals surface area contributed by atoms with E-state index >= 15 is 0 Å². The molecule has 0 radical (unpaired) electrons. The van der Waals surface area contributed by atoms with Crippen molar-refractivity contribution in [2.45, 2.75) is 44.2 Å². The van der Waals surface area contributed by atoms with Gasteiger partial charge in [-0.25, -0.2) is 0 Å². The summed E-state index contributed by atoms with van der Waals surface area (Å²) in [6.45, 7) is 6.21. The first-order valence-electron chi connectivity index (χ1n) is 11.7. The second-order valence-corrected chi connectivity index (χ2v) is 9.00. The molecular weight excluding hydrogens is 455 g/mol. The number of benzene rings is 2. The molecule has 33 heavy (non-hydrogen) atoms. The zero-order valence-electron chi connectivity index (χ0n) is 19.6. The molecule has 6 heteroatoms. The minimum atomic E-state index is -0.722. The molecule has 0 atom stereocenters. The van der Waals surface area contributed by atoms with Gasteiger partial charge in [-0.15, -0.1) is 24.8 Å². The quantitative estimate of drug-likeness (QED) is 0.558. The van der Waals surface area contributed by atoms with Crippen molar-refractivity contribution in [2.75, 3.05) is 39.8 Å². The van der Waals surface area contributed by atoms with Gasteiger partial charge in [0.25, 0.3) is 0 Å². The minimum Gasteiger partial charge on any atom is -0.497 e. The first kappa shape index (κ1) is 27.7. The van der Waals surface area contributed by atoms with E-state index in [-0.39, 0.29) is 24.8 Å². The Hall–Kier alpha value is -1.56. The molecule has 4 rings (SSSR count). The van der Waals surface area contributed by atoms with Gasteiger partial charge >= 0.3 is 0 Å². The smallest absolute Gasteiger partial charge is 0.119 e. The third-order valence-corrected chi connectivity index (χ3v) is 6.83. The van der Waals surface area contributed by atoms with Crippen molar-refractivity contribution in [3.63, 3.8) is 0 Å². The second kappa shape index (κ2) is 13.4. The fraction of sp³-hybridized carbons (Fsp3) is 0.481. The molecule has 1 saturated heterocycles. The number of aliphatic hydroxyl groups is 1. The Balaban J connectivity index is 0.00000193. The summed E-state index contributed by atoms with van der Waals surface area (Å²) in [5.41, 5.74) is 2.83. The van der Waals surface area contributed by atoms with Crippen LogP contribution >= 0.6 is 24.8 Å². The molecular formula is C27H38Cl2N2O2. The number of nitrogens with zero attached hydrogens (tertiary/aromatic N) is 2. The summed E-state index contributed by atoms with van der Waals surface area (Å²) in [5, 5.41) is 11.5. The van der Waals surface area contributed by atoms with Crippen LogP contribution in [-0.2, 0) is 6.54 Å². The standard InChI is InChI=1S/C27H36N2O2.2ClH/c1-31-25-12-8-11-24(21-25)26(27(30)14-6-3-7-15-27)13-16-28-17-19-29(20-18-28)22-23-9-4-2-5-10-23;;/h2,4-5,8-13,21,30H,3,6-7,14-20,22H2,1H3;2*1H/b26-13-;;. The van der Waals surface area contributed by atoms with E-state index in [4.69, 9.17) is 4.74 Å². The zero-order valence-corrected chi connectivity index (χ0v) is 21.3. The van der Waals surface area contributed by atoms with Gasteiger partial charge in [0.05, 0.1) is 12.7 Å².